The monoisotopic (exact) mass is 276 g/mol. The Morgan fingerprint density at radius 3 is 2.73 bits per heavy atom. The van der Waals surface area contributed by atoms with E-state index in [2.05, 4.69) is 34.4 Å². The van der Waals surface area contributed by atoms with Crippen LogP contribution in [-0.4, -0.2) is 4.43 Å². The van der Waals surface area contributed by atoms with E-state index < -0.39 is 0 Å². The second-order valence-corrected chi connectivity index (χ2v) is 3.09. The van der Waals surface area contributed by atoms with Crippen molar-refractivity contribution >= 4 is 34.2 Å². The van der Waals surface area contributed by atoms with Gasteiger partial charge in [0.1, 0.15) is 0 Å². The first-order valence-corrected chi connectivity index (χ1v) is 5.04. The molecule has 2 heteroatoms. The first-order chi connectivity index (χ1) is 5.34. The fraction of sp³-hybridized carbons (Fsp3) is 0.111. The fourth-order valence-corrected chi connectivity index (χ4v) is 1.06. The third kappa shape index (κ3) is 2.72. The summed E-state index contributed by atoms with van der Waals surface area (Å²) in [7, 11) is 0. The van der Waals surface area contributed by atoms with Crippen LogP contribution in [0.1, 0.15) is 5.56 Å². The molecule has 0 atom stereocenters. The average Bonchev–Trinajstić information content (AvgIpc) is 2.03. The maximum Gasteiger partial charge on any atom is 0.0613 e. The summed E-state index contributed by atoms with van der Waals surface area (Å²) in [4.78, 5) is 0. The van der Waals surface area contributed by atoms with Gasteiger partial charge in [-0.1, -0.05) is 58.2 Å². The molecule has 0 fully saturated rings. The van der Waals surface area contributed by atoms with Crippen LogP contribution in [0.5, 0.6) is 0 Å². The molecule has 0 aliphatic carbocycles. The van der Waals surface area contributed by atoms with E-state index in [0.29, 0.717) is 0 Å². The van der Waals surface area contributed by atoms with Crippen LogP contribution in [-0.2, 0) is 0 Å². The topological polar surface area (TPSA) is 0 Å². The van der Waals surface area contributed by atoms with Crippen LogP contribution < -0.4 is 0 Å². The van der Waals surface area contributed by atoms with Gasteiger partial charge in [-0.25, -0.2) is 0 Å². The molecule has 0 aliphatic rings. The Hall–Kier alpha value is -0.200. The molecule has 0 N–H and O–H groups in total. The quantitative estimate of drug-likeness (QED) is 0.388. The van der Waals surface area contributed by atoms with Crippen LogP contribution in [0.4, 0.5) is 0 Å². The maximum atomic E-state index is 5.86. The smallest absolute Gasteiger partial charge is 0.0613 e. The second kappa shape index (κ2) is 4.63. The minimum Gasteiger partial charge on any atom is -0.0872 e. The summed E-state index contributed by atoms with van der Waals surface area (Å²) in [5.41, 5.74) is 0.908. The highest BCUT2D eigenvalue weighted by molar-refractivity contribution is 14.1. The molecule has 56 valence electrons. The summed E-state index contributed by atoms with van der Waals surface area (Å²) in [6.45, 7) is 0. The van der Waals surface area contributed by atoms with Crippen LogP contribution >= 0.6 is 34.2 Å². The molecule has 0 aliphatic heterocycles. The highest BCUT2D eigenvalue weighted by Gasteiger charge is 1.91. The average molecular weight is 277 g/mol. The Labute approximate surface area is 85.1 Å². The van der Waals surface area contributed by atoms with E-state index in [1.165, 1.54) is 0 Å². The van der Waals surface area contributed by atoms with Crippen molar-refractivity contribution in [3.05, 3.63) is 34.9 Å². The molecule has 0 nitrogen and oxygen atoms in total. The standard InChI is InChI=1S/C9H6ClI/c10-9-6-2-1-4-8(9)5-3-7-11/h1-2,4,6H,7H2. The summed E-state index contributed by atoms with van der Waals surface area (Å²) in [6, 6.07) is 7.60. The fourth-order valence-electron chi connectivity index (χ4n) is 0.691. The van der Waals surface area contributed by atoms with Crippen LogP contribution in [0.25, 0.3) is 0 Å². The molecular weight excluding hydrogens is 270 g/mol. The Bertz CT molecular complexity index is 296. The molecule has 0 amide bonds. The maximum absolute atomic E-state index is 5.86. The predicted molar refractivity (Wildman–Crippen MR) is 57.2 cm³/mol. The summed E-state index contributed by atoms with van der Waals surface area (Å²) in [5, 5.41) is 0.727. The Kier molecular flexibility index (Phi) is 3.74. The first kappa shape index (κ1) is 8.89. The first-order valence-electron chi connectivity index (χ1n) is 3.14. The van der Waals surface area contributed by atoms with Gasteiger partial charge in [0.2, 0.25) is 0 Å². The molecule has 1 aromatic rings. The molecule has 0 radical (unpaired) electrons. The zero-order valence-corrected chi connectivity index (χ0v) is 8.69. The van der Waals surface area contributed by atoms with Crippen molar-refractivity contribution in [1.29, 1.82) is 0 Å². The zero-order valence-electron chi connectivity index (χ0n) is 5.77. The van der Waals surface area contributed by atoms with Crippen LogP contribution in [0.3, 0.4) is 0 Å². The highest BCUT2D eigenvalue weighted by Crippen LogP contribution is 2.12. The van der Waals surface area contributed by atoms with Crippen molar-refractivity contribution in [3.8, 4) is 11.8 Å². The van der Waals surface area contributed by atoms with Crippen molar-refractivity contribution in [2.75, 3.05) is 4.43 Å². The molecule has 0 saturated heterocycles. The number of alkyl halides is 1. The SMILES string of the molecule is Clc1ccccc1C#CCI. The van der Waals surface area contributed by atoms with Crippen molar-refractivity contribution in [3.63, 3.8) is 0 Å². The Morgan fingerprint density at radius 1 is 1.36 bits per heavy atom. The molecule has 0 heterocycles. The van der Waals surface area contributed by atoms with E-state index in [1.807, 2.05) is 24.3 Å². The van der Waals surface area contributed by atoms with Crippen molar-refractivity contribution in [2.24, 2.45) is 0 Å². The molecule has 0 aromatic heterocycles. The van der Waals surface area contributed by atoms with Gasteiger partial charge in [0.05, 0.1) is 9.45 Å². The Balaban J connectivity index is 2.95. The number of benzene rings is 1. The number of halogens is 2. The highest BCUT2D eigenvalue weighted by atomic mass is 127. The predicted octanol–water partition coefficient (Wildman–Crippen LogP) is 3.13. The van der Waals surface area contributed by atoms with Gasteiger partial charge >= 0.3 is 0 Å². The van der Waals surface area contributed by atoms with Crippen molar-refractivity contribution in [1.82, 2.24) is 0 Å². The van der Waals surface area contributed by atoms with E-state index in [0.717, 1.165) is 15.0 Å². The van der Waals surface area contributed by atoms with Gasteiger partial charge in [-0.05, 0) is 12.1 Å². The van der Waals surface area contributed by atoms with E-state index in [9.17, 15) is 0 Å². The van der Waals surface area contributed by atoms with Gasteiger partial charge in [0.15, 0.2) is 0 Å². The minimum atomic E-state index is 0.727. The molecule has 0 spiro atoms. The molecular formula is C9H6ClI. The third-order valence-corrected chi connectivity index (χ3v) is 1.87. The zero-order chi connectivity index (χ0) is 8.10. The molecule has 0 bridgehead atoms. The lowest BCUT2D eigenvalue weighted by atomic mass is 10.2. The molecule has 1 rings (SSSR count). The lowest BCUT2D eigenvalue weighted by Crippen LogP contribution is -1.74. The van der Waals surface area contributed by atoms with Gasteiger partial charge < -0.3 is 0 Å². The van der Waals surface area contributed by atoms with Crippen LogP contribution in [0.15, 0.2) is 24.3 Å². The normalized spacial score (nSPS) is 8.55. The summed E-state index contributed by atoms with van der Waals surface area (Å²) in [6.07, 6.45) is 0. The third-order valence-electron chi connectivity index (χ3n) is 1.16. The number of hydrogen-bond donors (Lipinski definition) is 0. The van der Waals surface area contributed by atoms with E-state index in [4.69, 9.17) is 11.6 Å². The lowest BCUT2D eigenvalue weighted by Gasteiger charge is -1.91. The molecule has 11 heavy (non-hydrogen) atoms. The number of hydrogen-bond acceptors (Lipinski definition) is 0. The van der Waals surface area contributed by atoms with E-state index in [1.54, 1.807) is 0 Å². The van der Waals surface area contributed by atoms with Crippen molar-refractivity contribution < 1.29 is 0 Å². The van der Waals surface area contributed by atoms with Crippen LogP contribution in [0.2, 0.25) is 5.02 Å². The molecule has 0 saturated carbocycles. The van der Waals surface area contributed by atoms with Gasteiger partial charge in [0.25, 0.3) is 0 Å². The van der Waals surface area contributed by atoms with Crippen molar-refractivity contribution in [2.45, 2.75) is 0 Å². The van der Waals surface area contributed by atoms with Crippen LogP contribution in [0, 0.1) is 11.8 Å². The largest absolute Gasteiger partial charge is 0.0872 e. The van der Waals surface area contributed by atoms with E-state index >= 15 is 0 Å². The summed E-state index contributed by atoms with van der Waals surface area (Å²) in [5.74, 6) is 5.93. The summed E-state index contributed by atoms with van der Waals surface area (Å²) < 4.78 is 0.836. The number of rotatable bonds is 0. The van der Waals surface area contributed by atoms with Gasteiger partial charge in [-0.15, -0.1) is 0 Å². The minimum absolute atomic E-state index is 0.727. The van der Waals surface area contributed by atoms with Gasteiger partial charge in [-0.2, -0.15) is 0 Å². The second-order valence-electron chi connectivity index (χ2n) is 1.92. The van der Waals surface area contributed by atoms with Gasteiger partial charge in [0, 0.05) is 5.56 Å². The molecule has 0 unspecified atom stereocenters. The van der Waals surface area contributed by atoms with E-state index in [-0.39, 0.29) is 0 Å². The summed E-state index contributed by atoms with van der Waals surface area (Å²) >= 11 is 8.06. The lowest BCUT2D eigenvalue weighted by molar-refractivity contribution is 1.64. The molecule has 1 aromatic carbocycles. The Morgan fingerprint density at radius 2 is 2.09 bits per heavy atom. The van der Waals surface area contributed by atoms with Gasteiger partial charge in [-0.3, -0.25) is 0 Å².